The summed E-state index contributed by atoms with van der Waals surface area (Å²) in [6.07, 6.45) is 4.95. The van der Waals surface area contributed by atoms with E-state index in [1.54, 1.807) is 29.4 Å². The maximum absolute atomic E-state index is 4.55. The van der Waals surface area contributed by atoms with Crippen molar-refractivity contribution in [1.82, 2.24) is 19.9 Å². The van der Waals surface area contributed by atoms with Gasteiger partial charge in [-0.3, -0.25) is 0 Å². The summed E-state index contributed by atoms with van der Waals surface area (Å²) in [5.74, 6) is 1.81. The van der Waals surface area contributed by atoms with Crippen molar-refractivity contribution in [3.05, 3.63) is 6.33 Å². The third-order valence-corrected chi connectivity index (χ3v) is 6.35. The Morgan fingerprint density at radius 2 is 2.18 bits per heavy atom. The zero-order valence-corrected chi connectivity index (χ0v) is 15.1. The summed E-state index contributed by atoms with van der Waals surface area (Å²) < 4.78 is 2.20. The minimum atomic E-state index is 0.734. The van der Waals surface area contributed by atoms with Gasteiger partial charge in [0.25, 0.3) is 0 Å². The van der Waals surface area contributed by atoms with Crippen molar-refractivity contribution in [2.24, 2.45) is 5.92 Å². The predicted octanol–water partition coefficient (Wildman–Crippen LogP) is 2.98. The number of fused-ring (bicyclic) bond motifs is 1. The molecule has 0 N–H and O–H groups in total. The monoisotopic (exact) mass is 337 g/mol. The molecule has 22 heavy (non-hydrogen) atoms. The molecule has 0 bridgehead atoms. The topological polar surface area (TPSA) is 45.2 Å². The predicted molar refractivity (Wildman–Crippen MR) is 95.1 cm³/mol. The van der Waals surface area contributed by atoms with Crippen LogP contribution < -0.4 is 4.90 Å². The van der Waals surface area contributed by atoms with Crippen LogP contribution in [0.25, 0.3) is 10.3 Å². The molecule has 0 aromatic carbocycles. The summed E-state index contributed by atoms with van der Waals surface area (Å²) in [5, 5.41) is 0. The Morgan fingerprint density at radius 3 is 2.91 bits per heavy atom. The Labute approximate surface area is 140 Å². The fourth-order valence-corrected chi connectivity index (χ4v) is 4.59. The molecule has 3 heterocycles. The van der Waals surface area contributed by atoms with Crippen molar-refractivity contribution >= 4 is 39.3 Å². The Balaban J connectivity index is 1.76. The molecular weight excluding hydrogens is 314 g/mol. The molecular formula is C15H23N5S2. The van der Waals surface area contributed by atoms with Gasteiger partial charge in [-0.1, -0.05) is 25.6 Å². The number of nitrogens with zero attached hydrogens (tertiary/aromatic N) is 5. The van der Waals surface area contributed by atoms with E-state index in [9.17, 15) is 0 Å². The van der Waals surface area contributed by atoms with Crippen LogP contribution in [-0.4, -0.2) is 58.8 Å². The van der Waals surface area contributed by atoms with Crippen LogP contribution in [0.4, 0.5) is 5.82 Å². The summed E-state index contributed by atoms with van der Waals surface area (Å²) in [7, 11) is 0. The lowest BCUT2D eigenvalue weighted by molar-refractivity contribution is 0.261. The van der Waals surface area contributed by atoms with Crippen LogP contribution in [-0.2, 0) is 0 Å². The van der Waals surface area contributed by atoms with E-state index in [1.807, 2.05) is 0 Å². The molecule has 1 aliphatic rings. The molecule has 0 spiro atoms. The van der Waals surface area contributed by atoms with E-state index in [4.69, 9.17) is 0 Å². The lowest BCUT2D eigenvalue weighted by Crippen LogP contribution is -2.31. The summed E-state index contributed by atoms with van der Waals surface area (Å²) >= 11 is 3.38. The molecule has 3 rings (SSSR count). The Hall–Kier alpha value is -0.920. The highest BCUT2D eigenvalue weighted by molar-refractivity contribution is 8.00. The van der Waals surface area contributed by atoms with Crippen molar-refractivity contribution in [3.8, 4) is 0 Å². The molecule has 0 amide bonds. The smallest absolute Gasteiger partial charge is 0.176 e. The minimum Gasteiger partial charge on any atom is -0.355 e. The van der Waals surface area contributed by atoms with Gasteiger partial charge in [0.2, 0.25) is 0 Å². The molecule has 7 heteroatoms. The van der Waals surface area contributed by atoms with E-state index in [0.717, 1.165) is 52.6 Å². The zero-order chi connectivity index (χ0) is 15.5. The number of aromatic nitrogens is 3. The summed E-state index contributed by atoms with van der Waals surface area (Å²) in [6, 6.07) is 0. The van der Waals surface area contributed by atoms with Crippen molar-refractivity contribution < 1.29 is 0 Å². The van der Waals surface area contributed by atoms with Gasteiger partial charge in [0.1, 0.15) is 11.0 Å². The normalized spacial score (nSPS) is 18.7. The highest BCUT2D eigenvalue weighted by Crippen LogP contribution is 2.34. The third-order valence-electron chi connectivity index (χ3n) is 4.32. The van der Waals surface area contributed by atoms with Gasteiger partial charge in [0, 0.05) is 19.6 Å². The van der Waals surface area contributed by atoms with Crippen LogP contribution in [0.5, 0.6) is 0 Å². The standard InChI is InChI=1S/C15H23N5S2/c1-4-19(5-2)8-11-6-7-20(9-11)14-12-13(16-10-17-14)18-15(21-3)22-12/h10-11H,4-9H2,1-3H3. The second-order valence-corrected chi connectivity index (χ2v) is 7.67. The van der Waals surface area contributed by atoms with Gasteiger partial charge in [-0.2, -0.15) is 0 Å². The average molecular weight is 338 g/mol. The largest absolute Gasteiger partial charge is 0.355 e. The number of hydrogen-bond acceptors (Lipinski definition) is 7. The van der Waals surface area contributed by atoms with Gasteiger partial charge in [-0.15, -0.1) is 11.3 Å². The Morgan fingerprint density at radius 1 is 1.36 bits per heavy atom. The number of thioether (sulfide) groups is 1. The van der Waals surface area contributed by atoms with Crippen LogP contribution in [0.15, 0.2) is 10.7 Å². The van der Waals surface area contributed by atoms with E-state index < -0.39 is 0 Å². The average Bonchev–Trinajstić information content (AvgIpc) is 3.18. The van der Waals surface area contributed by atoms with Gasteiger partial charge in [-0.05, 0) is 31.7 Å². The van der Waals surface area contributed by atoms with Gasteiger partial charge in [0.15, 0.2) is 15.8 Å². The maximum atomic E-state index is 4.55. The SMILES string of the molecule is CCN(CC)CC1CCN(c2ncnc3nc(SC)sc23)C1. The van der Waals surface area contributed by atoms with Gasteiger partial charge >= 0.3 is 0 Å². The van der Waals surface area contributed by atoms with E-state index in [2.05, 4.69) is 44.9 Å². The van der Waals surface area contributed by atoms with E-state index >= 15 is 0 Å². The highest BCUT2D eigenvalue weighted by Gasteiger charge is 2.26. The first-order valence-electron chi connectivity index (χ1n) is 7.88. The van der Waals surface area contributed by atoms with E-state index in [0.29, 0.717) is 0 Å². The van der Waals surface area contributed by atoms with Gasteiger partial charge < -0.3 is 9.80 Å². The molecule has 1 fully saturated rings. The fraction of sp³-hybridized carbons (Fsp3) is 0.667. The Kier molecular flexibility index (Phi) is 5.15. The minimum absolute atomic E-state index is 0.734. The summed E-state index contributed by atoms with van der Waals surface area (Å²) in [4.78, 5) is 18.4. The first kappa shape index (κ1) is 16.0. The van der Waals surface area contributed by atoms with Crippen LogP contribution in [0.2, 0.25) is 0 Å². The van der Waals surface area contributed by atoms with Gasteiger partial charge in [0.05, 0.1) is 0 Å². The van der Waals surface area contributed by atoms with Crippen LogP contribution in [0, 0.1) is 5.92 Å². The number of hydrogen-bond donors (Lipinski definition) is 0. The van der Waals surface area contributed by atoms with Crippen LogP contribution in [0.1, 0.15) is 20.3 Å². The first-order valence-corrected chi connectivity index (χ1v) is 9.92. The quantitative estimate of drug-likeness (QED) is 0.755. The van der Waals surface area contributed by atoms with Crippen molar-refractivity contribution in [2.45, 2.75) is 24.6 Å². The molecule has 0 aliphatic carbocycles. The molecule has 120 valence electrons. The Bertz CT molecular complexity index is 625. The highest BCUT2D eigenvalue weighted by atomic mass is 32.2. The van der Waals surface area contributed by atoms with E-state index in [-0.39, 0.29) is 0 Å². The molecule has 1 unspecified atom stereocenters. The lowest BCUT2D eigenvalue weighted by atomic mass is 10.1. The molecule has 1 saturated heterocycles. The van der Waals surface area contributed by atoms with Crippen molar-refractivity contribution in [3.63, 3.8) is 0 Å². The molecule has 2 aromatic heterocycles. The summed E-state index contributed by atoms with van der Waals surface area (Å²) in [6.45, 7) is 10.1. The zero-order valence-electron chi connectivity index (χ0n) is 13.4. The second-order valence-electron chi connectivity index (χ2n) is 5.62. The fourth-order valence-electron chi connectivity index (χ4n) is 3.06. The molecule has 0 radical (unpaired) electrons. The third kappa shape index (κ3) is 3.21. The van der Waals surface area contributed by atoms with Crippen molar-refractivity contribution in [1.29, 1.82) is 0 Å². The van der Waals surface area contributed by atoms with Gasteiger partial charge in [-0.25, -0.2) is 15.0 Å². The number of rotatable bonds is 6. The molecule has 5 nitrogen and oxygen atoms in total. The lowest BCUT2D eigenvalue weighted by Gasteiger charge is -2.23. The second kappa shape index (κ2) is 7.10. The molecule has 0 saturated carbocycles. The molecule has 1 atom stereocenters. The van der Waals surface area contributed by atoms with Crippen molar-refractivity contribution in [2.75, 3.05) is 43.9 Å². The maximum Gasteiger partial charge on any atom is 0.176 e. The number of anilines is 1. The van der Waals surface area contributed by atoms with Crippen LogP contribution in [0.3, 0.4) is 0 Å². The summed E-state index contributed by atoms with van der Waals surface area (Å²) in [5.41, 5.74) is 0.839. The van der Waals surface area contributed by atoms with Crippen LogP contribution >= 0.6 is 23.1 Å². The number of thiazole rings is 1. The first-order chi connectivity index (χ1) is 10.7. The molecule has 1 aliphatic heterocycles. The molecule has 2 aromatic rings. The van der Waals surface area contributed by atoms with E-state index in [1.165, 1.54) is 13.0 Å².